The molecule has 1 amide bonds. The molecule has 152 valence electrons. The van der Waals surface area contributed by atoms with Crippen LogP contribution in [-0.4, -0.2) is 36.4 Å². The molecule has 0 saturated carbocycles. The van der Waals surface area contributed by atoms with Crippen LogP contribution in [0.4, 0.5) is 4.39 Å². The van der Waals surface area contributed by atoms with Crippen LogP contribution in [0.5, 0.6) is 0 Å². The van der Waals surface area contributed by atoms with Gasteiger partial charge in [0.1, 0.15) is 5.82 Å². The van der Waals surface area contributed by atoms with Crippen LogP contribution in [-0.2, 0) is 24.3 Å². The van der Waals surface area contributed by atoms with Crippen LogP contribution in [0, 0.1) is 5.82 Å². The molecular weight excluding hydrogens is 490 g/mol. The second-order valence-electron chi connectivity index (χ2n) is 6.40. The second kappa shape index (κ2) is 11.4. The van der Waals surface area contributed by atoms with Gasteiger partial charge in [0.2, 0.25) is 5.91 Å². The van der Waals surface area contributed by atoms with E-state index in [0.29, 0.717) is 37.6 Å². The van der Waals surface area contributed by atoms with E-state index >= 15 is 0 Å². The summed E-state index contributed by atoms with van der Waals surface area (Å²) >= 11 is 1.77. The molecule has 1 aromatic carbocycles. The summed E-state index contributed by atoms with van der Waals surface area (Å²) in [5.41, 5.74) is 1.82. The van der Waals surface area contributed by atoms with Gasteiger partial charge in [0, 0.05) is 43.0 Å². The number of thiophene rings is 1. The zero-order chi connectivity index (χ0) is 19.1. The first kappa shape index (κ1) is 22.6. The second-order valence-corrected chi connectivity index (χ2v) is 7.40. The SMILES string of the molecule is CCNC(=NCc1ccccc1F)NCCC(=O)N1CCc2sccc2C1.I. The molecule has 0 aliphatic carbocycles. The molecule has 1 aliphatic heterocycles. The molecule has 0 unspecified atom stereocenters. The zero-order valence-corrected chi connectivity index (χ0v) is 19.1. The maximum Gasteiger partial charge on any atom is 0.224 e. The molecule has 1 aliphatic rings. The first-order valence-corrected chi connectivity index (χ1v) is 10.1. The van der Waals surface area contributed by atoms with Gasteiger partial charge in [-0.3, -0.25) is 4.79 Å². The lowest BCUT2D eigenvalue weighted by Crippen LogP contribution is -2.41. The molecule has 2 heterocycles. The molecular formula is C20H26FIN4OS. The smallest absolute Gasteiger partial charge is 0.224 e. The number of carbonyl (C=O) groups excluding carboxylic acids is 1. The van der Waals surface area contributed by atoms with Gasteiger partial charge in [0.05, 0.1) is 6.54 Å². The average Bonchev–Trinajstić information content (AvgIpc) is 3.15. The summed E-state index contributed by atoms with van der Waals surface area (Å²) in [6, 6.07) is 8.72. The highest BCUT2D eigenvalue weighted by Gasteiger charge is 2.20. The summed E-state index contributed by atoms with van der Waals surface area (Å²) in [6.45, 7) is 4.91. The Morgan fingerprint density at radius 2 is 2.11 bits per heavy atom. The number of hydrogen-bond acceptors (Lipinski definition) is 3. The fourth-order valence-corrected chi connectivity index (χ4v) is 3.93. The van der Waals surface area contributed by atoms with E-state index in [1.54, 1.807) is 29.5 Å². The van der Waals surface area contributed by atoms with Crippen molar-refractivity contribution in [1.82, 2.24) is 15.5 Å². The number of guanidine groups is 1. The molecule has 0 atom stereocenters. The summed E-state index contributed by atoms with van der Waals surface area (Å²) in [7, 11) is 0. The predicted octanol–water partition coefficient (Wildman–Crippen LogP) is 3.54. The van der Waals surface area contributed by atoms with E-state index in [-0.39, 0.29) is 42.2 Å². The van der Waals surface area contributed by atoms with Gasteiger partial charge in [0.15, 0.2) is 5.96 Å². The average molecular weight is 516 g/mol. The van der Waals surface area contributed by atoms with Crippen molar-refractivity contribution in [2.75, 3.05) is 19.6 Å². The number of hydrogen-bond donors (Lipinski definition) is 2. The molecule has 1 aromatic heterocycles. The largest absolute Gasteiger partial charge is 0.357 e. The standard InChI is InChI=1S/C20H25FN4OS.HI/c1-2-22-20(24-13-15-5-3-4-6-17(15)21)23-10-7-19(26)25-11-8-18-16(14-25)9-12-27-18;/h3-6,9,12H,2,7-8,10-11,13-14H2,1H3,(H2,22,23,24);1H. The number of nitrogens with zero attached hydrogens (tertiary/aromatic N) is 2. The predicted molar refractivity (Wildman–Crippen MR) is 123 cm³/mol. The Labute approximate surface area is 186 Å². The third-order valence-corrected chi connectivity index (χ3v) is 5.52. The lowest BCUT2D eigenvalue weighted by molar-refractivity contribution is -0.131. The molecule has 3 rings (SSSR count). The van der Waals surface area contributed by atoms with E-state index in [9.17, 15) is 9.18 Å². The molecule has 0 radical (unpaired) electrons. The molecule has 8 heteroatoms. The molecule has 0 saturated heterocycles. The van der Waals surface area contributed by atoms with E-state index in [0.717, 1.165) is 13.0 Å². The fourth-order valence-electron chi connectivity index (χ4n) is 3.04. The van der Waals surface area contributed by atoms with E-state index in [4.69, 9.17) is 0 Å². The Hall–Kier alpha value is -1.68. The van der Waals surface area contributed by atoms with Gasteiger partial charge in [0.25, 0.3) is 0 Å². The van der Waals surface area contributed by atoms with Gasteiger partial charge in [-0.05, 0) is 36.4 Å². The maximum atomic E-state index is 13.7. The Kier molecular flexibility index (Phi) is 9.17. The van der Waals surface area contributed by atoms with Crippen molar-refractivity contribution in [3.63, 3.8) is 0 Å². The van der Waals surface area contributed by atoms with E-state index in [1.807, 2.05) is 11.8 Å². The highest BCUT2D eigenvalue weighted by molar-refractivity contribution is 14.0. The summed E-state index contributed by atoms with van der Waals surface area (Å²) in [4.78, 5) is 20.2. The van der Waals surface area contributed by atoms with Crippen LogP contribution in [0.1, 0.15) is 29.3 Å². The van der Waals surface area contributed by atoms with Gasteiger partial charge in [-0.25, -0.2) is 9.38 Å². The van der Waals surface area contributed by atoms with Crippen molar-refractivity contribution in [3.05, 3.63) is 57.5 Å². The monoisotopic (exact) mass is 516 g/mol. The number of rotatable bonds is 6. The Bertz CT molecular complexity index is 811. The van der Waals surface area contributed by atoms with E-state index in [2.05, 4.69) is 27.1 Å². The Morgan fingerprint density at radius 1 is 1.29 bits per heavy atom. The first-order chi connectivity index (χ1) is 13.2. The normalized spacial score (nSPS) is 13.5. The van der Waals surface area contributed by atoms with Crippen LogP contribution in [0.3, 0.4) is 0 Å². The fraction of sp³-hybridized carbons (Fsp3) is 0.400. The molecule has 5 nitrogen and oxygen atoms in total. The van der Waals surface area contributed by atoms with Crippen molar-refractivity contribution in [2.24, 2.45) is 4.99 Å². The Balaban J connectivity index is 0.00000280. The number of aliphatic imine (C=N–C) groups is 1. The van der Waals surface area contributed by atoms with Gasteiger partial charge in [-0.1, -0.05) is 18.2 Å². The van der Waals surface area contributed by atoms with Crippen molar-refractivity contribution < 1.29 is 9.18 Å². The van der Waals surface area contributed by atoms with Crippen LogP contribution in [0.2, 0.25) is 0 Å². The lowest BCUT2D eigenvalue weighted by atomic mass is 10.1. The van der Waals surface area contributed by atoms with Gasteiger partial charge in [-0.2, -0.15) is 0 Å². The van der Waals surface area contributed by atoms with E-state index < -0.39 is 0 Å². The number of carbonyl (C=O) groups is 1. The van der Waals surface area contributed by atoms with Crippen LogP contribution in [0.25, 0.3) is 0 Å². The number of benzene rings is 1. The first-order valence-electron chi connectivity index (χ1n) is 9.26. The van der Waals surface area contributed by atoms with Crippen molar-refractivity contribution >= 4 is 47.2 Å². The Morgan fingerprint density at radius 3 is 2.89 bits per heavy atom. The number of amides is 1. The minimum atomic E-state index is -0.259. The maximum absolute atomic E-state index is 13.7. The van der Waals surface area contributed by atoms with Crippen molar-refractivity contribution in [1.29, 1.82) is 0 Å². The van der Waals surface area contributed by atoms with Crippen molar-refractivity contribution in [2.45, 2.75) is 32.9 Å². The van der Waals surface area contributed by atoms with Crippen LogP contribution in [0.15, 0.2) is 40.7 Å². The molecule has 0 bridgehead atoms. The quantitative estimate of drug-likeness (QED) is 0.351. The minimum absolute atomic E-state index is 0. The van der Waals surface area contributed by atoms with Gasteiger partial charge < -0.3 is 15.5 Å². The minimum Gasteiger partial charge on any atom is -0.357 e. The third kappa shape index (κ3) is 6.16. The lowest BCUT2D eigenvalue weighted by Gasteiger charge is -2.27. The summed E-state index contributed by atoms with van der Waals surface area (Å²) in [5.74, 6) is 0.474. The molecule has 0 fully saturated rings. The summed E-state index contributed by atoms with van der Waals surface area (Å²) in [5, 5.41) is 8.39. The van der Waals surface area contributed by atoms with Gasteiger partial charge in [-0.15, -0.1) is 35.3 Å². The number of fused-ring (bicyclic) bond motifs is 1. The molecule has 2 aromatic rings. The molecule has 2 N–H and O–H groups in total. The zero-order valence-electron chi connectivity index (χ0n) is 15.9. The summed E-state index contributed by atoms with van der Waals surface area (Å²) < 4.78 is 13.7. The highest BCUT2D eigenvalue weighted by atomic mass is 127. The summed E-state index contributed by atoms with van der Waals surface area (Å²) in [6.07, 6.45) is 1.35. The number of halogens is 2. The van der Waals surface area contributed by atoms with Crippen LogP contribution >= 0.6 is 35.3 Å². The molecule has 0 spiro atoms. The van der Waals surface area contributed by atoms with Gasteiger partial charge >= 0.3 is 0 Å². The number of nitrogens with one attached hydrogen (secondary N) is 2. The highest BCUT2D eigenvalue weighted by Crippen LogP contribution is 2.24. The topological polar surface area (TPSA) is 56.7 Å². The molecule has 28 heavy (non-hydrogen) atoms. The third-order valence-electron chi connectivity index (χ3n) is 4.50. The van der Waals surface area contributed by atoms with Crippen molar-refractivity contribution in [3.8, 4) is 0 Å². The van der Waals surface area contributed by atoms with E-state index in [1.165, 1.54) is 16.5 Å². The van der Waals surface area contributed by atoms with Crippen LogP contribution < -0.4 is 10.6 Å².